The van der Waals surface area contributed by atoms with Gasteiger partial charge in [-0.1, -0.05) is 18.6 Å². The minimum Gasteiger partial charge on any atom is -0.443 e. The standard InChI is InChI=1S/C28H45N3O6/c1-6-29-13-14-30(23(32)17-29)12-10-20-15-31(16-20)26(33)36-21-9-11-28(18-35-28)25(24(21)34-5)27(4)22(37-27)8-7-19(2)3/h7,20-22,24-25H,6,8-18H2,1-5H3/t21-,22-,24-,25-,27+,28+/m1/s1. The molecule has 1 aliphatic carbocycles. The van der Waals surface area contributed by atoms with Gasteiger partial charge >= 0.3 is 6.09 Å². The average Bonchev–Trinajstić information content (AvgIpc) is 3.75. The van der Waals surface area contributed by atoms with Crippen molar-refractivity contribution in [3.8, 4) is 0 Å². The van der Waals surface area contributed by atoms with Crippen LogP contribution < -0.4 is 0 Å². The van der Waals surface area contributed by atoms with E-state index in [9.17, 15) is 9.59 Å². The smallest absolute Gasteiger partial charge is 0.410 e. The summed E-state index contributed by atoms with van der Waals surface area (Å²) in [7, 11) is 1.71. The normalized spacial score (nSPS) is 37.9. The predicted octanol–water partition coefficient (Wildman–Crippen LogP) is 2.69. The summed E-state index contributed by atoms with van der Waals surface area (Å²) < 4.78 is 24.3. The molecule has 4 aliphatic heterocycles. The van der Waals surface area contributed by atoms with Gasteiger partial charge in [-0.25, -0.2) is 4.79 Å². The van der Waals surface area contributed by atoms with E-state index in [0.29, 0.717) is 25.6 Å². The van der Waals surface area contributed by atoms with Gasteiger partial charge < -0.3 is 28.7 Å². The molecule has 4 heterocycles. The van der Waals surface area contributed by atoms with Crippen LogP contribution in [-0.2, 0) is 23.7 Å². The van der Waals surface area contributed by atoms with Crippen molar-refractivity contribution in [3.05, 3.63) is 11.6 Å². The van der Waals surface area contributed by atoms with Gasteiger partial charge in [0.1, 0.15) is 23.4 Å². The number of methoxy groups -OCH3 is 1. The number of likely N-dealkylation sites (N-methyl/N-ethyl adjacent to an activating group) is 1. The summed E-state index contributed by atoms with van der Waals surface area (Å²) in [5.74, 6) is 0.663. The maximum Gasteiger partial charge on any atom is 0.410 e. The Labute approximate surface area is 221 Å². The molecule has 5 aliphatic rings. The fourth-order valence-corrected chi connectivity index (χ4v) is 6.78. The Kier molecular flexibility index (Phi) is 7.62. The van der Waals surface area contributed by atoms with Gasteiger partial charge in [-0.05, 0) is 58.9 Å². The molecule has 0 aromatic carbocycles. The molecule has 1 saturated carbocycles. The number of piperazine rings is 1. The zero-order valence-corrected chi connectivity index (χ0v) is 23.2. The molecule has 0 aromatic rings. The molecule has 2 amide bonds. The first-order valence-corrected chi connectivity index (χ1v) is 14.1. The molecule has 5 fully saturated rings. The molecule has 0 unspecified atom stereocenters. The molecular weight excluding hydrogens is 474 g/mol. The zero-order chi connectivity index (χ0) is 26.4. The second-order valence-electron chi connectivity index (χ2n) is 12.1. The first-order chi connectivity index (χ1) is 17.7. The Morgan fingerprint density at radius 2 is 2.00 bits per heavy atom. The zero-order valence-electron chi connectivity index (χ0n) is 23.2. The number of carbonyl (C=O) groups is 2. The highest BCUT2D eigenvalue weighted by Gasteiger charge is 2.72. The van der Waals surface area contributed by atoms with Crippen molar-refractivity contribution in [2.24, 2.45) is 11.8 Å². The molecular formula is C28H45N3O6. The van der Waals surface area contributed by atoms with Crippen LogP contribution in [0.4, 0.5) is 4.79 Å². The number of likely N-dealkylation sites (tertiary alicyclic amines) is 1. The van der Waals surface area contributed by atoms with Crippen molar-refractivity contribution < 1.29 is 28.5 Å². The number of hydrogen-bond donors (Lipinski definition) is 0. The fourth-order valence-electron chi connectivity index (χ4n) is 6.78. The summed E-state index contributed by atoms with van der Waals surface area (Å²) in [6.07, 6.45) is 4.92. The highest BCUT2D eigenvalue weighted by molar-refractivity contribution is 5.79. The van der Waals surface area contributed by atoms with E-state index in [1.165, 1.54) is 5.57 Å². The van der Waals surface area contributed by atoms with Crippen LogP contribution in [0.3, 0.4) is 0 Å². The van der Waals surface area contributed by atoms with E-state index in [1.807, 2.05) is 4.90 Å². The van der Waals surface area contributed by atoms with Crippen LogP contribution in [0.2, 0.25) is 0 Å². The molecule has 0 N–H and O–H groups in total. The van der Waals surface area contributed by atoms with Crippen molar-refractivity contribution in [2.45, 2.75) is 82.9 Å². The Balaban J connectivity index is 1.11. The fraction of sp³-hybridized carbons (Fsp3) is 0.857. The Bertz CT molecular complexity index is 896. The third-order valence-corrected chi connectivity index (χ3v) is 9.36. The van der Waals surface area contributed by atoms with Gasteiger partial charge in [-0.3, -0.25) is 9.69 Å². The van der Waals surface area contributed by atoms with E-state index < -0.39 is 0 Å². The van der Waals surface area contributed by atoms with E-state index >= 15 is 0 Å². The van der Waals surface area contributed by atoms with Crippen LogP contribution in [-0.4, -0.2) is 116 Å². The Morgan fingerprint density at radius 3 is 2.62 bits per heavy atom. The molecule has 4 saturated heterocycles. The van der Waals surface area contributed by atoms with E-state index in [0.717, 1.165) is 58.5 Å². The lowest BCUT2D eigenvalue weighted by Crippen LogP contribution is -2.58. The summed E-state index contributed by atoms with van der Waals surface area (Å²) in [6, 6.07) is 0. The second kappa shape index (κ2) is 10.5. The molecule has 37 heavy (non-hydrogen) atoms. The Hall–Kier alpha value is -1.68. The molecule has 0 radical (unpaired) electrons. The van der Waals surface area contributed by atoms with Crippen LogP contribution >= 0.6 is 0 Å². The largest absolute Gasteiger partial charge is 0.443 e. The first-order valence-electron chi connectivity index (χ1n) is 14.1. The van der Waals surface area contributed by atoms with Crippen LogP contribution in [0.5, 0.6) is 0 Å². The van der Waals surface area contributed by atoms with Crippen molar-refractivity contribution in [1.29, 1.82) is 0 Å². The Morgan fingerprint density at radius 1 is 1.24 bits per heavy atom. The van der Waals surface area contributed by atoms with Gasteiger partial charge in [-0.15, -0.1) is 0 Å². The minimum atomic E-state index is -0.337. The first kappa shape index (κ1) is 26.9. The highest BCUT2D eigenvalue weighted by atomic mass is 16.6. The van der Waals surface area contributed by atoms with Crippen molar-refractivity contribution >= 4 is 12.0 Å². The molecule has 5 rings (SSSR count). The summed E-state index contributed by atoms with van der Waals surface area (Å²) >= 11 is 0. The number of rotatable bonds is 9. The summed E-state index contributed by atoms with van der Waals surface area (Å²) in [5.41, 5.74) is 0.725. The highest BCUT2D eigenvalue weighted by Crippen LogP contribution is 2.59. The number of amides is 2. The number of hydrogen-bond acceptors (Lipinski definition) is 7. The molecule has 0 aromatic heterocycles. The summed E-state index contributed by atoms with van der Waals surface area (Å²) in [5, 5.41) is 0. The quantitative estimate of drug-likeness (QED) is 0.342. The molecule has 0 bridgehead atoms. The SMILES string of the molecule is CCN1CCN(CCC2CN(C(=O)O[C@@H]3CC[C@]4(CO4)[C@@H]([C@@]4(C)O[C@@H]4CC=C(C)C)[C@@H]3OC)C2)C(=O)C1. The lowest BCUT2D eigenvalue weighted by molar-refractivity contribution is -0.136. The number of ether oxygens (including phenoxy) is 4. The number of nitrogens with zero attached hydrogens (tertiary/aromatic N) is 3. The average molecular weight is 520 g/mol. The van der Waals surface area contributed by atoms with Gasteiger partial charge in [0.15, 0.2) is 0 Å². The van der Waals surface area contributed by atoms with E-state index in [-0.39, 0.29) is 47.4 Å². The van der Waals surface area contributed by atoms with Gasteiger partial charge in [0.05, 0.1) is 25.2 Å². The molecule has 6 atom stereocenters. The third kappa shape index (κ3) is 5.42. The lowest BCUT2D eigenvalue weighted by atomic mass is 9.68. The van der Waals surface area contributed by atoms with E-state index in [4.69, 9.17) is 18.9 Å². The molecule has 9 nitrogen and oxygen atoms in total. The lowest BCUT2D eigenvalue weighted by Gasteiger charge is -2.45. The van der Waals surface area contributed by atoms with Crippen LogP contribution in [0.15, 0.2) is 11.6 Å². The van der Waals surface area contributed by atoms with Crippen molar-refractivity contribution in [2.75, 3.05) is 59.5 Å². The van der Waals surface area contributed by atoms with Gasteiger partial charge in [-0.2, -0.15) is 0 Å². The van der Waals surface area contributed by atoms with Gasteiger partial charge in [0.25, 0.3) is 0 Å². The predicted molar refractivity (Wildman–Crippen MR) is 138 cm³/mol. The van der Waals surface area contributed by atoms with Crippen LogP contribution in [0.25, 0.3) is 0 Å². The number of carbonyl (C=O) groups excluding carboxylic acids is 2. The van der Waals surface area contributed by atoms with E-state index in [1.54, 1.807) is 12.0 Å². The number of epoxide rings is 2. The monoisotopic (exact) mass is 519 g/mol. The number of allylic oxidation sites excluding steroid dienone is 1. The van der Waals surface area contributed by atoms with Crippen LogP contribution in [0, 0.1) is 11.8 Å². The van der Waals surface area contributed by atoms with Crippen molar-refractivity contribution in [3.63, 3.8) is 0 Å². The molecule has 9 heteroatoms. The topological polar surface area (TPSA) is 87.4 Å². The maximum absolute atomic E-state index is 13.0. The summed E-state index contributed by atoms with van der Waals surface area (Å²) in [6.45, 7) is 14.5. The maximum atomic E-state index is 13.0. The van der Waals surface area contributed by atoms with Gasteiger partial charge in [0.2, 0.25) is 5.91 Å². The second-order valence-corrected chi connectivity index (χ2v) is 12.1. The van der Waals surface area contributed by atoms with Gasteiger partial charge in [0, 0.05) is 39.8 Å². The molecule has 208 valence electrons. The minimum absolute atomic E-state index is 0.0296. The summed E-state index contributed by atoms with van der Waals surface area (Å²) in [4.78, 5) is 31.3. The van der Waals surface area contributed by atoms with E-state index in [2.05, 4.69) is 38.7 Å². The van der Waals surface area contributed by atoms with Crippen molar-refractivity contribution in [1.82, 2.24) is 14.7 Å². The third-order valence-electron chi connectivity index (χ3n) is 9.36. The molecule has 1 spiro atoms. The van der Waals surface area contributed by atoms with Crippen LogP contribution in [0.1, 0.15) is 53.4 Å².